The van der Waals surface area contributed by atoms with E-state index in [-0.39, 0.29) is 5.91 Å². The third kappa shape index (κ3) is 5.53. The molecule has 0 saturated carbocycles. The van der Waals surface area contributed by atoms with Crippen LogP contribution in [0.4, 0.5) is 5.69 Å². The highest BCUT2D eigenvalue weighted by Crippen LogP contribution is 2.23. The molecule has 0 unspecified atom stereocenters. The zero-order chi connectivity index (χ0) is 20.6. The largest absolute Gasteiger partial charge is 0.326 e. The normalized spacial score (nSPS) is 10.4. The number of nitrogens with zero attached hydrogens (tertiary/aromatic N) is 2. The van der Waals surface area contributed by atoms with E-state index in [4.69, 9.17) is 0 Å². The van der Waals surface area contributed by atoms with Crippen LogP contribution in [0.5, 0.6) is 0 Å². The predicted octanol–water partition coefficient (Wildman–Crippen LogP) is 5.44. The molecule has 0 saturated heterocycles. The number of amides is 1. The molecule has 5 heteroatoms. The van der Waals surface area contributed by atoms with Gasteiger partial charge in [0.1, 0.15) is 5.69 Å². The number of para-hydroxylation sites is 1. The summed E-state index contributed by atoms with van der Waals surface area (Å²) in [6.45, 7) is 0. The summed E-state index contributed by atoms with van der Waals surface area (Å²) in [4.78, 5) is 21.1. The van der Waals surface area contributed by atoms with Crippen LogP contribution < -0.4 is 5.32 Å². The van der Waals surface area contributed by atoms with Crippen molar-refractivity contribution in [1.82, 2.24) is 9.97 Å². The van der Waals surface area contributed by atoms with Crippen molar-refractivity contribution in [2.24, 2.45) is 0 Å². The van der Waals surface area contributed by atoms with Crippen LogP contribution >= 0.6 is 11.3 Å². The molecule has 4 nitrogen and oxygen atoms in total. The van der Waals surface area contributed by atoms with Gasteiger partial charge in [-0.05, 0) is 67.6 Å². The molecule has 2 aromatic carbocycles. The lowest BCUT2D eigenvalue weighted by Gasteiger charge is -2.05. The summed E-state index contributed by atoms with van der Waals surface area (Å²) < 4.78 is 1.22. The number of carbonyl (C=O) groups is 1. The first-order valence-electron chi connectivity index (χ1n) is 9.94. The first-order valence-corrected chi connectivity index (χ1v) is 10.8. The molecule has 4 aromatic rings. The van der Waals surface area contributed by atoms with E-state index in [0.717, 1.165) is 46.7 Å². The van der Waals surface area contributed by atoms with Crippen molar-refractivity contribution in [3.63, 3.8) is 0 Å². The number of benzene rings is 2. The zero-order valence-electron chi connectivity index (χ0n) is 16.5. The number of anilines is 1. The Labute approximate surface area is 180 Å². The Hall–Kier alpha value is -3.49. The molecular formula is C25H21N3OS. The van der Waals surface area contributed by atoms with Crippen molar-refractivity contribution in [2.75, 3.05) is 5.32 Å². The number of carbonyl (C=O) groups excluding carboxylic acids is 1. The molecule has 0 bridgehead atoms. The standard InChI is InChI=1S/C25H21N3OS/c29-24(13-3-4-14-25-28-22-11-1-2-12-23(22)30-25)27-21-10-7-8-19(18-21)15-16-20-9-5-6-17-26-20/h1-2,5-12,17-18H,3-4,13-14H2,(H,27,29). The van der Waals surface area contributed by atoms with Gasteiger partial charge in [0.2, 0.25) is 5.91 Å². The van der Waals surface area contributed by atoms with E-state index in [0.29, 0.717) is 6.42 Å². The lowest BCUT2D eigenvalue weighted by molar-refractivity contribution is -0.116. The van der Waals surface area contributed by atoms with Crippen molar-refractivity contribution < 1.29 is 4.79 Å². The van der Waals surface area contributed by atoms with Gasteiger partial charge in [0, 0.05) is 23.9 Å². The van der Waals surface area contributed by atoms with E-state index in [9.17, 15) is 4.79 Å². The van der Waals surface area contributed by atoms with Crippen LogP contribution in [0.3, 0.4) is 0 Å². The summed E-state index contributed by atoms with van der Waals surface area (Å²) in [6, 6.07) is 21.4. The highest BCUT2D eigenvalue weighted by atomic mass is 32.1. The number of fused-ring (bicyclic) bond motifs is 1. The molecule has 0 aliphatic rings. The fraction of sp³-hybridized carbons (Fsp3) is 0.160. The van der Waals surface area contributed by atoms with Crippen molar-refractivity contribution >= 4 is 33.1 Å². The summed E-state index contributed by atoms with van der Waals surface area (Å²) in [7, 11) is 0. The first-order chi connectivity index (χ1) is 14.8. The Morgan fingerprint density at radius 3 is 2.73 bits per heavy atom. The summed E-state index contributed by atoms with van der Waals surface area (Å²) in [6.07, 6.45) is 4.90. The minimum atomic E-state index is 0.0223. The van der Waals surface area contributed by atoms with Crippen LogP contribution in [-0.4, -0.2) is 15.9 Å². The maximum atomic E-state index is 12.3. The molecule has 4 rings (SSSR count). The Balaban J connectivity index is 1.25. The minimum Gasteiger partial charge on any atom is -0.326 e. The second-order valence-corrected chi connectivity index (χ2v) is 7.99. The maximum Gasteiger partial charge on any atom is 0.224 e. The van der Waals surface area contributed by atoms with Gasteiger partial charge in [-0.25, -0.2) is 9.97 Å². The van der Waals surface area contributed by atoms with Gasteiger partial charge in [0.25, 0.3) is 0 Å². The molecule has 1 N–H and O–H groups in total. The van der Waals surface area contributed by atoms with Gasteiger partial charge in [0.15, 0.2) is 0 Å². The molecule has 0 atom stereocenters. The molecule has 2 heterocycles. The van der Waals surface area contributed by atoms with Crippen LogP contribution in [0, 0.1) is 11.8 Å². The van der Waals surface area contributed by atoms with E-state index in [2.05, 4.69) is 33.2 Å². The average molecular weight is 412 g/mol. The van der Waals surface area contributed by atoms with Gasteiger partial charge >= 0.3 is 0 Å². The molecule has 0 radical (unpaired) electrons. The molecular weight excluding hydrogens is 390 g/mol. The molecule has 0 aliphatic carbocycles. The summed E-state index contributed by atoms with van der Waals surface area (Å²) in [5.41, 5.74) is 3.38. The molecule has 148 valence electrons. The third-order valence-corrected chi connectivity index (χ3v) is 5.62. The first kappa shape index (κ1) is 19.8. The minimum absolute atomic E-state index is 0.0223. The fourth-order valence-corrected chi connectivity index (χ4v) is 4.07. The Kier molecular flexibility index (Phi) is 6.48. The zero-order valence-corrected chi connectivity index (χ0v) is 17.3. The second kappa shape index (κ2) is 9.82. The number of thiazole rings is 1. The Bertz CT molecular complexity index is 1170. The van der Waals surface area contributed by atoms with E-state index >= 15 is 0 Å². The SMILES string of the molecule is O=C(CCCCc1nc2ccccc2s1)Nc1cccc(C#Cc2ccccn2)c1. The molecule has 30 heavy (non-hydrogen) atoms. The molecule has 0 spiro atoms. The van der Waals surface area contributed by atoms with Gasteiger partial charge in [-0.15, -0.1) is 11.3 Å². The van der Waals surface area contributed by atoms with Crippen LogP contribution in [0.15, 0.2) is 72.9 Å². The second-order valence-electron chi connectivity index (χ2n) is 6.88. The monoisotopic (exact) mass is 411 g/mol. The Morgan fingerprint density at radius 1 is 0.967 bits per heavy atom. The van der Waals surface area contributed by atoms with E-state index in [1.54, 1.807) is 17.5 Å². The lowest BCUT2D eigenvalue weighted by Crippen LogP contribution is -2.11. The van der Waals surface area contributed by atoms with Crippen LogP contribution in [0.1, 0.15) is 35.5 Å². The predicted molar refractivity (Wildman–Crippen MR) is 122 cm³/mol. The topological polar surface area (TPSA) is 54.9 Å². The number of unbranched alkanes of at least 4 members (excludes halogenated alkanes) is 1. The van der Waals surface area contributed by atoms with Crippen molar-refractivity contribution in [3.8, 4) is 11.8 Å². The van der Waals surface area contributed by atoms with Crippen molar-refractivity contribution in [3.05, 3.63) is 89.2 Å². The number of aryl methyl sites for hydroxylation is 1. The van der Waals surface area contributed by atoms with Gasteiger partial charge in [0.05, 0.1) is 15.2 Å². The van der Waals surface area contributed by atoms with Crippen LogP contribution in [0.2, 0.25) is 0 Å². The van der Waals surface area contributed by atoms with Gasteiger partial charge in [-0.1, -0.05) is 30.2 Å². The Morgan fingerprint density at radius 2 is 1.87 bits per heavy atom. The van der Waals surface area contributed by atoms with Crippen LogP contribution in [0.25, 0.3) is 10.2 Å². The van der Waals surface area contributed by atoms with Crippen molar-refractivity contribution in [1.29, 1.82) is 0 Å². The third-order valence-electron chi connectivity index (χ3n) is 4.53. The highest BCUT2D eigenvalue weighted by Gasteiger charge is 2.06. The fourth-order valence-electron chi connectivity index (χ4n) is 3.06. The van der Waals surface area contributed by atoms with E-state index in [1.165, 1.54) is 4.70 Å². The lowest BCUT2D eigenvalue weighted by atomic mass is 10.1. The average Bonchev–Trinajstić information content (AvgIpc) is 3.19. The summed E-state index contributed by atoms with van der Waals surface area (Å²) >= 11 is 1.73. The summed E-state index contributed by atoms with van der Waals surface area (Å²) in [5, 5.41) is 4.10. The van der Waals surface area contributed by atoms with Gasteiger partial charge in [-0.3, -0.25) is 4.79 Å². The molecule has 0 fully saturated rings. The van der Waals surface area contributed by atoms with Crippen LogP contribution in [-0.2, 0) is 11.2 Å². The highest BCUT2D eigenvalue weighted by molar-refractivity contribution is 7.18. The number of rotatable bonds is 6. The molecule has 1 amide bonds. The summed E-state index contributed by atoms with van der Waals surface area (Å²) in [5.74, 6) is 6.14. The van der Waals surface area contributed by atoms with Crippen molar-refractivity contribution in [2.45, 2.75) is 25.7 Å². The van der Waals surface area contributed by atoms with E-state index in [1.807, 2.05) is 60.7 Å². The number of hydrogen-bond donors (Lipinski definition) is 1. The molecule has 0 aliphatic heterocycles. The number of aromatic nitrogens is 2. The quantitative estimate of drug-likeness (QED) is 0.339. The van der Waals surface area contributed by atoms with E-state index < -0.39 is 0 Å². The maximum absolute atomic E-state index is 12.3. The van der Waals surface area contributed by atoms with Gasteiger partial charge < -0.3 is 5.32 Å². The smallest absolute Gasteiger partial charge is 0.224 e. The molecule has 2 aromatic heterocycles. The van der Waals surface area contributed by atoms with Gasteiger partial charge in [-0.2, -0.15) is 0 Å². The number of hydrogen-bond acceptors (Lipinski definition) is 4. The number of nitrogens with one attached hydrogen (secondary N) is 1. The number of pyridine rings is 1.